The van der Waals surface area contributed by atoms with Crippen LogP contribution in [0.25, 0.3) is 11.2 Å². The zero-order chi connectivity index (χ0) is 10.3. The fourth-order valence-corrected chi connectivity index (χ4v) is 1.15. The lowest BCUT2D eigenvalue weighted by atomic mass is 10.3. The van der Waals surface area contributed by atoms with Crippen LogP contribution in [0, 0.1) is 6.92 Å². The van der Waals surface area contributed by atoms with E-state index in [1.165, 1.54) is 6.92 Å². The van der Waals surface area contributed by atoms with Gasteiger partial charge in [-0.1, -0.05) is 0 Å². The van der Waals surface area contributed by atoms with Crippen molar-refractivity contribution in [1.29, 1.82) is 0 Å². The molecule has 0 amide bonds. The summed E-state index contributed by atoms with van der Waals surface area (Å²) in [6, 6.07) is 0. The number of H-pyrrole nitrogens is 1. The Labute approximate surface area is 76.2 Å². The molecule has 0 atom stereocenters. The third kappa shape index (κ3) is 1.30. The first-order valence-corrected chi connectivity index (χ1v) is 3.73. The molecule has 0 bridgehead atoms. The number of rotatable bonds is 0. The second-order valence-electron chi connectivity index (χ2n) is 2.72. The second kappa shape index (κ2) is 2.66. The van der Waals surface area contributed by atoms with E-state index in [0.29, 0.717) is 0 Å². The zero-order valence-electron chi connectivity index (χ0n) is 7.05. The van der Waals surface area contributed by atoms with Gasteiger partial charge in [0.25, 0.3) is 0 Å². The van der Waals surface area contributed by atoms with Crippen molar-refractivity contribution < 1.29 is 13.2 Å². The molecule has 2 aromatic rings. The topological polar surface area (TPSA) is 54.5 Å². The highest BCUT2D eigenvalue weighted by Crippen LogP contribution is 2.31. The SMILES string of the molecule is Cc1nc(C(F)(F)F)c2[nH]cnc2n1. The quantitative estimate of drug-likeness (QED) is 0.707. The van der Waals surface area contributed by atoms with E-state index in [-0.39, 0.29) is 17.0 Å². The molecule has 4 nitrogen and oxygen atoms in total. The van der Waals surface area contributed by atoms with Crippen LogP contribution >= 0.6 is 0 Å². The third-order valence-corrected chi connectivity index (χ3v) is 1.67. The summed E-state index contributed by atoms with van der Waals surface area (Å²) in [4.78, 5) is 13.1. The lowest BCUT2D eigenvalue weighted by Crippen LogP contribution is -2.10. The van der Waals surface area contributed by atoms with Gasteiger partial charge in [0, 0.05) is 0 Å². The van der Waals surface area contributed by atoms with E-state index in [1.54, 1.807) is 0 Å². The minimum absolute atomic E-state index is 0.0322. The van der Waals surface area contributed by atoms with E-state index >= 15 is 0 Å². The number of nitrogens with one attached hydrogen (secondary N) is 1. The molecule has 0 fully saturated rings. The minimum atomic E-state index is -4.49. The van der Waals surface area contributed by atoms with Crippen LogP contribution in [0.4, 0.5) is 13.2 Å². The standard InChI is InChI=1S/C7H5F3N4/c1-3-13-5(7(8,9)10)4-6(14-3)12-2-11-4/h2H,1H3,(H,11,12,13,14). The van der Waals surface area contributed by atoms with E-state index in [2.05, 4.69) is 19.9 Å². The average molecular weight is 202 g/mol. The van der Waals surface area contributed by atoms with Gasteiger partial charge < -0.3 is 4.98 Å². The third-order valence-electron chi connectivity index (χ3n) is 1.67. The molecule has 0 aliphatic carbocycles. The molecule has 0 unspecified atom stereocenters. The van der Waals surface area contributed by atoms with Crippen molar-refractivity contribution in [2.45, 2.75) is 13.1 Å². The molecular formula is C7H5F3N4. The number of hydrogen-bond donors (Lipinski definition) is 1. The van der Waals surface area contributed by atoms with Crippen molar-refractivity contribution >= 4 is 11.2 Å². The summed E-state index contributed by atoms with van der Waals surface area (Å²) in [5, 5.41) is 0. The first kappa shape index (κ1) is 8.92. The number of nitrogens with zero attached hydrogens (tertiary/aromatic N) is 3. The fourth-order valence-electron chi connectivity index (χ4n) is 1.15. The molecule has 0 saturated carbocycles. The van der Waals surface area contributed by atoms with E-state index in [1.807, 2.05) is 0 Å². The normalized spacial score (nSPS) is 12.3. The highest BCUT2D eigenvalue weighted by molar-refractivity contribution is 5.73. The molecule has 2 rings (SSSR count). The van der Waals surface area contributed by atoms with Gasteiger partial charge in [-0.25, -0.2) is 15.0 Å². The molecule has 0 aliphatic heterocycles. The molecule has 2 aromatic heterocycles. The van der Waals surface area contributed by atoms with E-state index < -0.39 is 11.9 Å². The molecule has 0 radical (unpaired) electrons. The van der Waals surface area contributed by atoms with Crippen LogP contribution < -0.4 is 0 Å². The van der Waals surface area contributed by atoms with Crippen LogP contribution in [0.3, 0.4) is 0 Å². The summed E-state index contributed by atoms with van der Waals surface area (Å²) in [7, 11) is 0. The number of halogens is 3. The van der Waals surface area contributed by atoms with Crippen LogP contribution in [0.1, 0.15) is 11.5 Å². The predicted octanol–water partition coefficient (Wildman–Crippen LogP) is 1.68. The van der Waals surface area contributed by atoms with E-state index in [4.69, 9.17) is 0 Å². The van der Waals surface area contributed by atoms with Crippen molar-refractivity contribution in [3.8, 4) is 0 Å². The summed E-state index contributed by atoms with van der Waals surface area (Å²) < 4.78 is 37.3. The van der Waals surface area contributed by atoms with Gasteiger partial charge in [-0.2, -0.15) is 13.2 Å². The van der Waals surface area contributed by atoms with Gasteiger partial charge in [0.2, 0.25) is 0 Å². The maximum Gasteiger partial charge on any atom is 0.435 e. The van der Waals surface area contributed by atoms with Crippen LogP contribution in [0.15, 0.2) is 6.33 Å². The highest BCUT2D eigenvalue weighted by Gasteiger charge is 2.36. The lowest BCUT2D eigenvalue weighted by Gasteiger charge is -2.06. The number of aromatic amines is 1. The Bertz CT molecular complexity index is 473. The lowest BCUT2D eigenvalue weighted by molar-refractivity contribution is -0.140. The molecule has 0 spiro atoms. The number of hydrogen-bond acceptors (Lipinski definition) is 3. The van der Waals surface area contributed by atoms with Crippen molar-refractivity contribution in [1.82, 2.24) is 19.9 Å². The summed E-state index contributed by atoms with van der Waals surface area (Å²) in [6.07, 6.45) is -3.33. The van der Waals surface area contributed by atoms with E-state index in [9.17, 15) is 13.2 Å². The maximum atomic E-state index is 12.4. The molecule has 7 heteroatoms. The monoisotopic (exact) mass is 202 g/mol. The van der Waals surface area contributed by atoms with Gasteiger partial charge in [0.1, 0.15) is 11.3 Å². The smallest absolute Gasteiger partial charge is 0.341 e. The van der Waals surface area contributed by atoms with Crippen LogP contribution in [0.5, 0.6) is 0 Å². The Morgan fingerprint density at radius 2 is 2.00 bits per heavy atom. The first-order valence-electron chi connectivity index (χ1n) is 3.73. The number of aryl methyl sites for hydroxylation is 1. The van der Waals surface area contributed by atoms with Crippen molar-refractivity contribution in [3.63, 3.8) is 0 Å². The largest absolute Gasteiger partial charge is 0.435 e. The van der Waals surface area contributed by atoms with Gasteiger partial charge in [0.05, 0.1) is 6.33 Å². The van der Waals surface area contributed by atoms with Gasteiger partial charge >= 0.3 is 6.18 Å². The zero-order valence-corrected chi connectivity index (χ0v) is 7.05. The molecule has 0 aliphatic rings. The molecule has 0 saturated heterocycles. The van der Waals surface area contributed by atoms with Crippen molar-refractivity contribution in [2.24, 2.45) is 0 Å². The summed E-state index contributed by atoms with van der Waals surface area (Å²) >= 11 is 0. The van der Waals surface area contributed by atoms with Gasteiger partial charge in [-0.15, -0.1) is 0 Å². The van der Waals surface area contributed by atoms with Crippen LogP contribution in [-0.2, 0) is 6.18 Å². The average Bonchev–Trinajstić information content (AvgIpc) is 2.47. The Balaban J connectivity index is 2.80. The highest BCUT2D eigenvalue weighted by atomic mass is 19.4. The van der Waals surface area contributed by atoms with Crippen LogP contribution in [0.2, 0.25) is 0 Å². The molecule has 1 N–H and O–H groups in total. The first-order chi connectivity index (χ1) is 6.48. The van der Waals surface area contributed by atoms with Crippen molar-refractivity contribution in [2.75, 3.05) is 0 Å². The number of imidazole rings is 1. The number of aromatic nitrogens is 4. The number of alkyl halides is 3. The summed E-state index contributed by atoms with van der Waals surface area (Å²) in [6.45, 7) is 1.39. The maximum absolute atomic E-state index is 12.4. The molecule has 0 aromatic carbocycles. The summed E-state index contributed by atoms with van der Waals surface area (Å²) in [5.74, 6) is 0.0527. The summed E-state index contributed by atoms with van der Waals surface area (Å²) in [5.41, 5.74) is -1.12. The Morgan fingerprint density at radius 3 is 2.64 bits per heavy atom. The van der Waals surface area contributed by atoms with Gasteiger partial charge in [-0.3, -0.25) is 0 Å². The van der Waals surface area contributed by atoms with Gasteiger partial charge in [-0.05, 0) is 6.92 Å². The molecular weight excluding hydrogens is 197 g/mol. The van der Waals surface area contributed by atoms with Gasteiger partial charge in [0.15, 0.2) is 11.3 Å². The minimum Gasteiger partial charge on any atom is -0.341 e. The molecule has 2 heterocycles. The van der Waals surface area contributed by atoms with E-state index in [0.717, 1.165) is 6.33 Å². The Kier molecular flexibility index (Phi) is 1.70. The number of fused-ring (bicyclic) bond motifs is 1. The Morgan fingerprint density at radius 1 is 1.29 bits per heavy atom. The molecule has 14 heavy (non-hydrogen) atoms. The van der Waals surface area contributed by atoms with Crippen LogP contribution in [-0.4, -0.2) is 19.9 Å². The predicted molar refractivity (Wildman–Crippen MR) is 41.4 cm³/mol. The van der Waals surface area contributed by atoms with Crippen molar-refractivity contribution in [3.05, 3.63) is 17.8 Å². The Hall–Kier alpha value is -1.66. The second-order valence-corrected chi connectivity index (χ2v) is 2.72. The fraction of sp³-hybridized carbons (Fsp3) is 0.286. The molecule has 74 valence electrons.